The average Bonchev–Trinajstić information content (AvgIpc) is 3.02. The number of amides is 4. The van der Waals surface area contributed by atoms with Gasteiger partial charge in [0.05, 0.1) is 0 Å². The second kappa shape index (κ2) is 5.66. The Labute approximate surface area is 124 Å². The first kappa shape index (κ1) is 14.4. The van der Waals surface area contributed by atoms with Crippen LogP contribution in [0.2, 0.25) is 0 Å². The molecule has 21 heavy (non-hydrogen) atoms. The van der Waals surface area contributed by atoms with E-state index in [9.17, 15) is 14.4 Å². The smallest absolute Gasteiger partial charge is 0.327 e. The van der Waals surface area contributed by atoms with E-state index in [4.69, 9.17) is 0 Å². The van der Waals surface area contributed by atoms with Crippen LogP contribution in [0.5, 0.6) is 0 Å². The monoisotopic (exact) mass is 293 g/mol. The Hall–Kier alpha value is -1.59. The lowest BCUT2D eigenvalue weighted by atomic mass is 9.86. The number of carbonyl (C=O) groups excluding carboxylic acids is 3. The van der Waals surface area contributed by atoms with Crippen LogP contribution in [0, 0.1) is 5.92 Å². The van der Waals surface area contributed by atoms with E-state index in [1.807, 2.05) is 0 Å². The Kier molecular flexibility index (Phi) is 3.87. The standard InChI is InChI=1S/C15H23N3O3/c1-10-5-2-3-6-11(10)16-13(19)9-18-14(20)12-7-4-8-17(12)15(18)21/h10-12H,2-9H2,1H3,(H,16,19). The van der Waals surface area contributed by atoms with Crippen LogP contribution in [0.3, 0.4) is 0 Å². The van der Waals surface area contributed by atoms with Crippen LogP contribution in [0.25, 0.3) is 0 Å². The minimum atomic E-state index is -0.320. The quantitative estimate of drug-likeness (QED) is 0.792. The molecule has 4 amide bonds. The number of imide groups is 1. The summed E-state index contributed by atoms with van der Waals surface area (Å²) in [5.41, 5.74) is 0. The van der Waals surface area contributed by atoms with Crippen molar-refractivity contribution in [1.29, 1.82) is 0 Å². The van der Waals surface area contributed by atoms with Crippen LogP contribution in [0.4, 0.5) is 4.79 Å². The third-order valence-electron chi connectivity index (χ3n) is 5.04. The fraction of sp³-hybridized carbons (Fsp3) is 0.800. The summed E-state index contributed by atoms with van der Waals surface area (Å²) in [5.74, 6) is 0.0526. The summed E-state index contributed by atoms with van der Waals surface area (Å²) in [6.07, 6.45) is 6.07. The number of fused-ring (bicyclic) bond motifs is 1. The molecule has 3 fully saturated rings. The molecule has 3 unspecified atom stereocenters. The van der Waals surface area contributed by atoms with Crippen LogP contribution in [0.15, 0.2) is 0 Å². The fourth-order valence-electron chi connectivity index (χ4n) is 3.75. The molecule has 1 aliphatic carbocycles. The van der Waals surface area contributed by atoms with Gasteiger partial charge in [-0.3, -0.25) is 14.5 Å². The van der Waals surface area contributed by atoms with E-state index >= 15 is 0 Å². The molecule has 116 valence electrons. The highest BCUT2D eigenvalue weighted by molar-refractivity contribution is 6.06. The van der Waals surface area contributed by atoms with Gasteiger partial charge in [0.2, 0.25) is 5.91 Å². The zero-order chi connectivity index (χ0) is 15.0. The Bertz CT molecular complexity index is 443. The van der Waals surface area contributed by atoms with Crippen LogP contribution >= 0.6 is 0 Å². The predicted octanol–water partition coefficient (Wildman–Crippen LogP) is 1.11. The van der Waals surface area contributed by atoms with Crippen molar-refractivity contribution in [3.8, 4) is 0 Å². The summed E-state index contributed by atoms with van der Waals surface area (Å²) >= 11 is 0. The molecule has 6 nitrogen and oxygen atoms in total. The largest absolute Gasteiger partial charge is 0.352 e. The van der Waals surface area contributed by atoms with Crippen LogP contribution in [-0.4, -0.2) is 52.8 Å². The number of rotatable bonds is 3. The molecule has 2 heterocycles. The second-order valence-corrected chi connectivity index (χ2v) is 6.49. The molecule has 0 aromatic carbocycles. The van der Waals surface area contributed by atoms with E-state index in [0.29, 0.717) is 12.5 Å². The van der Waals surface area contributed by atoms with E-state index in [0.717, 1.165) is 37.0 Å². The maximum atomic E-state index is 12.2. The molecule has 3 aliphatic rings. The van der Waals surface area contributed by atoms with E-state index in [1.165, 1.54) is 6.42 Å². The zero-order valence-corrected chi connectivity index (χ0v) is 12.5. The van der Waals surface area contributed by atoms with Gasteiger partial charge in [-0.25, -0.2) is 4.79 Å². The van der Waals surface area contributed by atoms with E-state index in [2.05, 4.69) is 12.2 Å². The number of nitrogens with zero attached hydrogens (tertiary/aromatic N) is 2. The normalized spacial score (nSPS) is 32.5. The second-order valence-electron chi connectivity index (χ2n) is 6.49. The van der Waals surface area contributed by atoms with Crippen molar-refractivity contribution >= 4 is 17.8 Å². The first-order valence-electron chi connectivity index (χ1n) is 7.99. The van der Waals surface area contributed by atoms with E-state index in [-0.39, 0.29) is 36.5 Å². The molecule has 3 rings (SSSR count). The van der Waals surface area contributed by atoms with Crippen molar-refractivity contribution < 1.29 is 14.4 Å². The lowest BCUT2D eigenvalue weighted by molar-refractivity contribution is -0.132. The lowest BCUT2D eigenvalue weighted by Crippen LogP contribution is -2.47. The summed E-state index contributed by atoms with van der Waals surface area (Å²) in [4.78, 5) is 39.2. The molecule has 0 aromatic rings. The van der Waals surface area contributed by atoms with Crippen molar-refractivity contribution in [3.05, 3.63) is 0 Å². The molecule has 0 bridgehead atoms. The third-order valence-corrected chi connectivity index (χ3v) is 5.04. The van der Waals surface area contributed by atoms with Crippen molar-refractivity contribution in [2.45, 2.75) is 57.5 Å². The van der Waals surface area contributed by atoms with Crippen LogP contribution in [0.1, 0.15) is 45.4 Å². The maximum absolute atomic E-state index is 12.2. The Balaban J connectivity index is 1.57. The molecule has 6 heteroatoms. The van der Waals surface area contributed by atoms with E-state index in [1.54, 1.807) is 4.90 Å². The highest BCUT2D eigenvalue weighted by Gasteiger charge is 2.47. The number of hydrogen-bond donors (Lipinski definition) is 1. The molecule has 1 N–H and O–H groups in total. The Morgan fingerprint density at radius 1 is 1.19 bits per heavy atom. The molecule has 2 saturated heterocycles. The zero-order valence-electron chi connectivity index (χ0n) is 12.5. The van der Waals surface area contributed by atoms with Gasteiger partial charge in [-0.2, -0.15) is 0 Å². The van der Waals surface area contributed by atoms with Gasteiger partial charge in [0.1, 0.15) is 12.6 Å². The van der Waals surface area contributed by atoms with Gasteiger partial charge in [0.15, 0.2) is 0 Å². The molecule has 0 radical (unpaired) electrons. The van der Waals surface area contributed by atoms with Crippen LogP contribution < -0.4 is 5.32 Å². The highest BCUT2D eigenvalue weighted by Crippen LogP contribution is 2.27. The van der Waals surface area contributed by atoms with Gasteiger partial charge in [-0.05, 0) is 31.6 Å². The van der Waals surface area contributed by atoms with Crippen molar-refractivity contribution in [1.82, 2.24) is 15.1 Å². The summed E-state index contributed by atoms with van der Waals surface area (Å²) in [6, 6.07) is -0.438. The van der Waals surface area contributed by atoms with Crippen LogP contribution in [-0.2, 0) is 9.59 Å². The lowest BCUT2D eigenvalue weighted by Gasteiger charge is -2.30. The number of hydrogen-bond acceptors (Lipinski definition) is 3. The van der Waals surface area contributed by atoms with Gasteiger partial charge >= 0.3 is 6.03 Å². The minimum absolute atomic E-state index is 0.131. The topological polar surface area (TPSA) is 69.7 Å². The number of urea groups is 1. The first-order valence-corrected chi connectivity index (χ1v) is 7.99. The molecule has 3 atom stereocenters. The third kappa shape index (κ3) is 2.63. The summed E-state index contributed by atoms with van der Waals surface area (Å²) in [6.45, 7) is 2.65. The fourth-order valence-corrected chi connectivity index (χ4v) is 3.75. The van der Waals surface area contributed by atoms with Crippen molar-refractivity contribution in [2.24, 2.45) is 5.92 Å². The molecule has 0 aromatic heterocycles. The highest BCUT2D eigenvalue weighted by atomic mass is 16.2. The Morgan fingerprint density at radius 3 is 2.67 bits per heavy atom. The number of nitrogens with one attached hydrogen (secondary N) is 1. The van der Waals surface area contributed by atoms with Gasteiger partial charge < -0.3 is 10.2 Å². The molecule has 2 aliphatic heterocycles. The minimum Gasteiger partial charge on any atom is -0.352 e. The van der Waals surface area contributed by atoms with Gasteiger partial charge in [-0.15, -0.1) is 0 Å². The summed E-state index contributed by atoms with van der Waals surface area (Å²) in [5, 5.41) is 3.00. The average molecular weight is 293 g/mol. The molecule has 0 spiro atoms. The van der Waals surface area contributed by atoms with E-state index < -0.39 is 0 Å². The summed E-state index contributed by atoms with van der Waals surface area (Å²) in [7, 11) is 0. The predicted molar refractivity (Wildman–Crippen MR) is 76.4 cm³/mol. The van der Waals surface area contributed by atoms with Crippen molar-refractivity contribution in [3.63, 3.8) is 0 Å². The Morgan fingerprint density at radius 2 is 1.95 bits per heavy atom. The molecule has 1 saturated carbocycles. The first-order chi connectivity index (χ1) is 10.1. The van der Waals surface area contributed by atoms with Gasteiger partial charge in [0, 0.05) is 12.6 Å². The SMILES string of the molecule is CC1CCCCC1NC(=O)CN1C(=O)C2CCCN2C1=O. The molecular weight excluding hydrogens is 270 g/mol. The van der Waals surface area contributed by atoms with Gasteiger partial charge in [-0.1, -0.05) is 19.8 Å². The van der Waals surface area contributed by atoms with Gasteiger partial charge in [0.25, 0.3) is 5.91 Å². The van der Waals surface area contributed by atoms with Crippen molar-refractivity contribution in [2.75, 3.05) is 13.1 Å². The summed E-state index contributed by atoms with van der Waals surface area (Å²) < 4.78 is 0. The molecular formula is C15H23N3O3. The maximum Gasteiger partial charge on any atom is 0.327 e. The number of carbonyl (C=O) groups is 3.